The molecule has 0 aromatic heterocycles. The van der Waals surface area contributed by atoms with E-state index in [0.29, 0.717) is 12.3 Å². The van der Waals surface area contributed by atoms with Crippen molar-refractivity contribution in [2.24, 2.45) is 5.92 Å². The molecule has 0 aromatic carbocycles. The molecule has 0 amide bonds. The van der Waals surface area contributed by atoms with Crippen LogP contribution in [0.2, 0.25) is 0 Å². The van der Waals surface area contributed by atoms with Gasteiger partial charge in [0.25, 0.3) is 0 Å². The second-order valence-electron chi connectivity index (χ2n) is 4.82. The highest BCUT2D eigenvalue weighted by molar-refractivity contribution is 5.50. The van der Waals surface area contributed by atoms with Crippen LogP contribution in [-0.2, 0) is 0 Å². The molecule has 0 saturated heterocycles. The van der Waals surface area contributed by atoms with Gasteiger partial charge in [-0.1, -0.05) is 38.2 Å². The third kappa shape index (κ3) is 3.19. The first kappa shape index (κ1) is 13.0. The maximum atomic E-state index is 13.3. The van der Waals surface area contributed by atoms with Gasteiger partial charge in [0.2, 0.25) is 0 Å². The van der Waals surface area contributed by atoms with Gasteiger partial charge in [-0.05, 0) is 42.6 Å². The summed E-state index contributed by atoms with van der Waals surface area (Å²) in [6, 6.07) is 0. The standard InChI is InChI=1S/C15H21F/c1-10(2)8-12(5)14-7-6-13(16)9-15(14)11(3)4/h7-9,11,13H,1,6H2,2-5H3/b12-8+. The molecule has 1 aliphatic rings. The summed E-state index contributed by atoms with van der Waals surface area (Å²) in [4.78, 5) is 0. The van der Waals surface area contributed by atoms with Crippen molar-refractivity contribution in [3.05, 3.63) is 47.1 Å². The summed E-state index contributed by atoms with van der Waals surface area (Å²) in [6.45, 7) is 12.1. The summed E-state index contributed by atoms with van der Waals surface area (Å²) in [6.07, 6.45) is 5.50. The van der Waals surface area contributed by atoms with E-state index < -0.39 is 6.17 Å². The Hall–Kier alpha value is -1.11. The number of allylic oxidation sites excluding steroid dienone is 7. The normalized spacial score (nSPS) is 21.9. The Morgan fingerprint density at radius 3 is 2.62 bits per heavy atom. The van der Waals surface area contributed by atoms with Gasteiger partial charge in [-0.3, -0.25) is 0 Å². The smallest absolute Gasteiger partial charge is 0.122 e. The summed E-state index contributed by atoms with van der Waals surface area (Å²) in [5.74, 6) is 0.360. The van der Waals surface area contributed by atoms with Crippen LogP contribution < -0.4 is 0 Å². The van der Waals surface area contributed by atoms with E-state index in [-0.39, 0.29) is 0 Å². The highest BCUT2D eigenvalue weighted by atomic mass is 19.1. The maximum absolute atomic E-state index is 13.3. The Morgan fingerprint density at radius 1 is 1.50 bits per heavy atom. The molecule has 1 unspecified atom stereocenters. The predicted octanol–water partition coefficient (Wildman–Crippen LogP) is 4.76. The van der Waals surface area contributed by atoms with Gasteiger partial charge in [0, 0.05) is 6.42 Å². The molecular formula is C15H21F. The van der Waals surface area contributed by atoms with E-state index in [0.717, 1.165) is 11.1 Å². The van der Waals surface area contributed by atoms with Gasteiger partial charge >= 0.3 is 0 Å². The number of hydrogen-bond acceptors (Lipinski definition) is 0. The lowest BCUT2D eigenvalue weighted by Gasteiger charge is -2.22. The molecule has 0 spiro atoms. The predicted molar refractivity (Wildman–Crippen MR) is 69.1 cm³/mol. The van der Waals surface area contributed by atoms with Crippen LogP contribution in [0, 0.1) is 5.92 Å². The van der Waals surface area contributed by atoms with Gasteiger partial charge in [0.05, 0.1) is 0 Å². The summed E-state index contributed by atoms with van der Waals surface area (Å²) < 4.78 is 13.3. The van der Waals surface area contributed by atoms with Gasteiger partial charge in [-0.25, -0.2) is 4.39 Å². The molecule has 1 atom stereocenters. The second-order valence-corrected chi connectivity index (χ2v) is 4.82. The number of hydrogen-bond donors (Lipinski definition) is 0. The Labute approximate surface area is 98.2 Å². The fraction of sp³-hybridized carbons (Fsp3) is 0.467. The van der Waals surface area contributed by atoms with Crippen molar-refractivity contribution in [2.45, 2.75) is 40.3 Å². The van der Waals surface area contributed by atoms with Gasteiger partial charge in [0.15, 0.2) is 0 Å². The monoisotopic (exact) mass is 220 g/mol. The fourth-order valence-corrected chi connectivity index (χ4v) is 2.04. The van der Waals surface area contributed by atoms with Crippen LogP contribution >= 0.6 is 0 Å². The van der Waals surface area contributed by atoms with Crippen molar-refractivity contribution in [2.75, 3.05) is 0 Å². The first-order chi connectivity index (χ1) is 7.41. The largest absolute Gasteiger partial charge is 0.243 e. The van der Waals surface area contributed by atoms with Crippen LogP contribution in [0.25, 0.3) is 0 Å². The minimum absolute atomic E-state index is 0.360. The molecule has 0 aromatic rings. The SMILES string of the molecule is C=C(C)/C=C(\C)C1=CCC(F)C=C1C(C)C. The molecule has 0 aliphatic heterocycles. The van der Waals surface area contributed by atoms with Crippen molar-refractivity contribution in [3.63, 3.8) is 0 Å². The Bertz CT molecular complexity index is 367. The van der Waals surface area contributed by atoms with E-state index in [9.17, 15) is 4.39 Å². The second kappa shape index (κ2) is 5.29. The molecule has 0 radical (unpaired) electrons. The highest BCUT2D eigenvalue weighted by Gasteiger charge is 2.18. The lowest BCUT2D eigenvalue weighted by molar-refractivity contribution is 0.396. The Balaban J connectivity index is 3.04. The first-order valence-electron chi connectivity index (χ1n) is 5.82. The number of halogens is 1. The maximum Gasteiger partial charge on any atom is 0.122 e. The van der Waals surface area contributed by atoms with Crippen LogP contribution in [0.4, 0.5) is 4.39 Å². The van der Waals surface area contributed by atoms with Gasteiger partial charge in [0.1, 0.15) is 6.17 Å². The zero-order chi connectivity index (χ0) is 12.3. The van der Waals surface area contributed by atoms with E-state index in [1.807, 2.05) is 13.0 Å². The van der Waals surface area contributed by atoms with E-state index in [2.05, 4.69) is 33.4 Å². The molecule has 0 bridgehead atoms. The van der Waals surface area contributed by atoms with Crippen molar-refractivity contribution in [3.8, 4) is 0 Å². The quantitative estimate of drug-likeness (QED) is 0.601. The van der Waals surface area contributed by atoms with Crippen molar-refractivity contribution >= 4 is 0 Å². The molecule has 16 heavy (non-hydrogen) atoms. The van der Waals surface area contributed by atoms with Crippen molar-refractivity contribution < 1.29 is 4.39 Å². The fourth-order valence-electron chi connectivity index (χ4n) is 2.04. The topological polar surface area (TPSA) is 0 Å². The van der Waals surface area contributed by atoms with Crippen LogP contribution in [0.15, 0.2) is 47.1 Å². The average Bonchev–Trinajstić information content (AvgIpc) is 2.16. The minimum atomic E-state index is -0.821. The summed E-state index contributed by atoms with van der Waals surface area (Å²) in [5.41, 5.74) is 4.52. The summed E-state index contributed by atoms with van der Waals surface area (Å²) in [5, 5.41) is 0. The molecule has 0 fully saturated rings. The molecular weight excluding hydrogens is 199 g/mol. The summed E-state index contributed by atoms with van der Waals surface area (Å²) in [7, 11) is 0. The highest BCUT2D eigenvalue weighted by Crippen LogP contribution is 2.31. The van der Waals surface area contributed by atoms with Gasteiger partial charge < -0.3 is 0 Å². The lowest BCUT2D eigenvalue weighted by Crippen LogP contribution is -2.09. The van der Waals surface area contributed by atoms with Crippen LogP contribution in [0.3, 0.4) is 0 Å². The Kier molecular flexibility index (Phi) is 4.28. The summed E-state index contributed by atoms with van der Waals surface area (Å²) >= 11 is 0. The molecule has 1 rings (SSSR count). The van der Waals surface area contributed by atoms with Crippen molar-refractivity contribution in [1.29, 1.82) is 0 Å². The van der Waals surface area contributed by atoms with Crippen molar-refractivity contribution in [1.82, 2.24) is 0 Å². The van der Waals surface area contributed by atoms with E-state index in [1.165, 1.54) is 11.1 Å². The molecule has 0 saturated carbocycles. The van der Waals surface area contributed by atoms with Crippen LogP contribution in [0.5, 0.6) is 0 Å². The molecule has 0 nitrogen and oxygen atoms in total. The third-order valence-electron chi connectivity index (χ3n) is 2.73. The van der Waals surface area contributed by atoms with Crippen LogP contribution in [0.1, 0.15) is 34.1 Å². The van der Waals surface area contributed by atoms with E-state index >= 15 is 0 Å². The lowest BCUT2D eigenvalue weighted by atomic mass is 9.85. The number of alkyl halides is 1. The van der Waals surface area contributed by atoms with E-state index in [4.69, 9.17) is 0 Å². The zero-order valence-electron chi connectivity index (χ0n) is 10.7. The molecule has 88 valence electrons. The third-order valence-corrected chi connectivity index (χ3v) is 2.73. The molecule has 1 heteroatoms. The minimum Gasteiger partial charge on any atom is -0.243 e. The van der Waals surface area contributed by atoms with Gasteiger partial charge in [-0.2, -0.15) is 0 Å². The Morgan fingerprint density at radius 2 is 2.12 bits per heavy atom. The molecule has 0 N–H and O–H groups in total. The average molecular weight is 220 g/mol. The molecule has 1 aliphatic carbocycles. The number of rotatable bonds is 3. The zero-order valence-corrected chi connectivity index (χ0v) is 10.7. The van der Waals surface area contributed by atoms with E-state index in [1.54, 1.807) is 6.08 Å². The first-order valence-corrected chi connectivity index (χ1v) is 5.82. The van der Waals surface area contributed by atoms with Crippen LogP contribution in [-0.4, -0.2) is 6.17 Å². The molecule has 0 heterocycles. The van der Waals surface area contributed by atoms with Gasteiger partial charge in [-0.15, -0.1) is 0 Å².